The summed E-state index contributed by atoms with van der Waals surface area (Å²) in [7, 11) is 3.15. The molecule has 0 radical (unpaired) electrons. The number of carbonyl (C=O) groups is 1. The molecule has 0 saturated carbocycles. The smallest absolute Gasteiger partial charge is 0.262 e. The number of para-hydroxylation sites is 1. The fourth-order valence-electron chi connectivity index (χ4n) is 3.15. The summed E-state index contributed by atoms with van der Waals surface area (Å²) in [6.45, 7) is 5.93. The number of aromatic nitrogens is 2. The van der Waals surface area contributed by atoms with Crippen molar-refractivity contribution in [3.63, 3.8) is 0 Å². The number of fused-ring (bicyclic) bond motifs is 1. The van der Waals surface area contributed by atoms with Crippen LogP contribution in [0.2, 0.25) is 0 Å². The van der Waals surface area contributed by atoms with Gasteiger partial charge in [0.2, 0.25) is 5.91 Å². The number of ether oxygens (including phenoxy) is 2. The van der Waals surface area contributed by atoms with Crippen LogP contribution in [0.15, 0.2) is 52.4 Å². The van der Waals surface area contributed by atoms with Gasteiger partial charge in [-0.3, -0.25) is 14.2 Å². The third kappa shape index (κ3) is 5.19. The van der Waals surface area contributed by atoms with Crippen LogP contribution in [0.1, 0.15) is 26.3 Å². The van der Waals surface area contributed by atoms with Crippen molar-refractivity contribution in [1.82, 2.24) is 14.9 Å². The summed E-state index contributed by atoms with van der Waals surface area (Å²) < 4.78 is 12.3. The molecule has 31 heavy (non-hydrogen) atoms. The molecule has 0 fully saturated rings. The van der Waals surface area contributed by atoms with Gasteiger partial charge < -0.3 is 14.8 Å². The van der Waals surface area contributed by atoms with Crippen molar-refractivity contribution in [2.24, 2.45) is 0 Å². The van der Waals surface area contributed by atoms with E-state index in [4.69, 9.17) is 14.5 Å². The maximum absolute atomic E-state index is 13.3. The fourth-order valence-corrected chi connectivity index (χ4v) is 4.07. The quantitative estimate of drug-likeness (QED) is 0.426. The molecule has 1 amide bonds. The molecule has 0 spiro atoms. The lowest BCUT2D eigenvalue weighted by Gasteiger charge is -2.18. The average Bonchev–Trinajstić information content (AvgIpc) is 2.75. The highest BCUT2D eigenvalue weighted by Crippen LogP contribution is 2.29. The van der Waals surface area contributed by atoms with Crippen molar-refractivity contribution in [2.45, 2.75) is 43.8 Å². The normalized spacial score (nSPS) is 12.1. The fraction of sp³-hybridized carbons (Fsp3) is 0.348. The van der Waals surface area contributed by atoms with E-state index in [1.54, 1.807) is 37.0 Å². The Balaban J connectivity index is 2.04. The van der Waals surface area contributed by atoms with Crippen LogP contribution in [-0.4, -0.2) is 41.0 Å². The Morgan fingerprint density at radius 3 is 2.48 bits per heavy atom. The zero-order valence-electron chi connectivity index (χ0n) is 18.3. The Kier molecular flexibility index (Phi) is 7.22. The minimum atomic E-state index is -0.410. The van der Waals surface area contributed by atoms with E-state index in [1.807, 2.05) is 45.0 Å². The molecule has 1 heterocycles. The number of carbonyl (C=O) groups excluding carboxylic acids is 1. The van der Waals surface area contributed by atoms with Crippen molar-refractivity contribution in [3.05, 3.63) is 58.4 Å². The van der Waals surface area contributed by atoms with Crippen LogP contribution >= 0.6 is 11.8 Å². The van der Waals surface area contributed by atoms with E-state index >= 15 is 0 Å². The largest absolute Gasteiger partial charge is 0.493 e. The van der Waals surface area contributed by atoms with E-state index in [1.165, 1.54) is 11.8 Å². The number of nitrogens with one attached hydrogen (secondary N) is 1. The van der Waals surface area contributed by atoms with E-state index in [0.717, 1.165) is 5.56 Å². The van der Waals surface area contributed by atoms with Crippen LogP contribution in [0, 0.1) is 0 Å². The molecule has 1 aromatic heterocycles. The SMILES string of the molecule is COc1ccc(Cn2c(SC(C)C(=O)NC(C)C)nc3ccccc3c2=O)cc1OC. The summed E-state index contributed by atoms with van der Waals surface area (Å²) in [5, 5.41) is 3.52. The van der Waals surface area contributed by atoms with Gasteiger partial charge in [-0.2, -0.15) is 0 Å². The van der Waals surface area contributed by atoms with Gasteiger partial charge in [0.05, 0.1) is 36.9 Å². The van der Waals surface area contributed by atoms with Gasteiger partial charge in [-0.05, 0) is 50.6 Å². The summed E-state index contributed by atoms with van der Waals surface area (Å²) in [4.78, 5) is 30.5. The highest BCUT2D eigenvalue weighted by Gasteiger charge is 2.20. The lowest BCUT2D eigenvalue weighted by Crippen LogP contribution is -2.36. The first kappa shape index (κ1) is 22.7. The predicted molar refractivity (Wildman–Crippen MR) is 123 cm³/mol. The molecule has 0 aliphatic carbocycles. The minimum absolute atomic E-state index is 0.0362. The second-order valence-electron chi connectivity index (χ2n) is 7.42. The molecule has 1 N–H and O–H groups in total. The van der Waals surface area contributed by atoms with E-state index < -0.39 is 5.25 Å². The molecule has 3 aromatic rings. The summed E-state index contributed by atoms with van der Waals surface area (Å²) >= 11 is 1.27. The van der Waals surface area contributed by atoms with Crippen LogP contribution < -0.4 is 20.3 Å². The summed E-state index contributed by atoms with van der Waals surface area (Å²) in [5.74, 6) is 1.10. The van der Waals surface area contributed by atoms with Gasteiger partial charge in [-0.15, -0.1) is 0 Å². The van der Waals surface area contributed by atoms with Crippen molar-refractivity contribution in [1.29, 1.82) is 0 Å². The van der Waals surface area contributed by atoms with Gasteiger partial charge in [0, 0.05) is 6.04 Å². The first-order valence-corrected chi connectivity index (χ1v) is 10.9. The number of methoxy groups -OCH3 is 2. The predicted octanol–water partition coefficient (Wildman–Crippen LogP) is 3.47. The standard InChI is InChI=1S/C23H27N3O4S/c1-14(2)24-21(27)15(3)31-23-25-18-9-7-6-8-17(18)22(28)26(23)13-16-10-11-19(29-4)20(12-16)30-5/h6-12,14-15H,13H2,1-5H3,(H,24,27). The average molecular weight is 442 g/mol. The van der Waals surface area contributed by atoms with Crippen molar-refractivity contribution in [3.8, 4) is 11.5 Å². The number of rotatable bonds is 8. The van der Waals surface area contributed by atoms with Crippen LogP contribution in [-0.2, 0) is 11.3 Å². The van der Waals surface area contributed by atoms with Crippen LogP contribution in [0.4, 0.5) is 0 Å². The Morgan fingerprint density at radius 2 is 1.81 bits per heavy atom. The lowest BCUT2D eigenvalue weighted by molar-refractivity contribution is -0.120. The van der Waals surface area contributed by atoms with Crippen molar-refractivity contribution in [2.75, 3.05) is 14.2 Å². The number of hydrogen-bond acceptors (Lipinski definition) is 6. The molecule has 1 atom stereocenters. The summed E-state index contributed by atoms with van der Waals surface area (Å²) in [6.07, 6.45) is 0. The Labute approximate surface area is 185 Å². The molecule has 0 aliphatic rings. The zero-order valence-corrected chi connectivity index (χ0v) is 19.2. The number of benzene rings is 2. The van der Waals surface area contributed by atoms with E-state index in [9.17, 15) is 9.59 Å². The third-order valence-corrected chi connectivity index (χ3v) is 5.79. The molecular weight excluding hydrogens is 414 g/mol. The van der Waals surface area contributed by atoms with Gasteiger partial charge in [-0.1, -0.05) is 30.0 Å². The van der Waals surface area contributed by atoms with Crippen LogP contribution in [0.5, 0.6) is 11.5 Å². The summed E-state index contributed by atoms with van der Waals surface area (Å²) in [5.41, 5.74) is 1.31. The highest BCUT2D eigenvalue weighted by atomic mass is 32.2. The van der Waals surface area contributed by atoms with Crippen molar-refractivity contribution < 1.29 is 14.3 Å². The van der Waals surface area contributed by atoms with Gasteiger partial charge in [0.15, 0.2) is 16.7 Å². The molecule has 1 unspecified atom stereocenters. The molecule has 164 valence electrons. The number of thioether (sulfide) groups is 1. The maximum Gasteiger partial charge on any atom is 0.262 e. The second kappa shape index (κ2) is 9.87. The topological polar surface area (TPSA) is 82.5 Å². The Hall–Kier alpha value is -3.00. The molecular formula is C23H27N3O4S. The number of nitrogens with zero attached hydrogens (tertiary/aromatic N) is 2. The lowest BCUT2D eigenvalue weighted by atomic mass is 10.2. The molecule has 2 aromatic carbocycles. The van der Waals surface area contributed by atoms with E-state index in [-0.39, 0.29) is 24.1 Å². The minimum Gasteiger partial charge on any atom is -0.493 e. The molecule has 3 rings (SSSR count). The van der Waals surface area contributed by atoms with E-state index in [0.29, 0.717) is 27.6 Å². The first-order chi connectivity index (χ1) is 14.8. The zero-order chi connectivity index (χ0) is 22.5. The second-order valence-corrected chi connectivity index (χ2v) is 8.72. The van der Waals surface area contributed by atoms with Gasteiger partial charge in [-0.25, -0.2) is 4.98 Å². The highest BCUT2D eigenvalue weighted by molar-refractivity contribution is 8.00. The Bertz CT molecular complexity index is 1140. The molecule has 0 aliphatic heterocycles. The monoisotopic (exact) mass is 441 g/mol. The summed E-state index contributed by atoms with van der Waals surface area (Å²) in [6, 6.07) is 12.8. The maximum atomic E-state index is 13.3. The first-order valence-electron chi connectivity index (χ1n) is 10.0. The number of amides is 1. The molecule has 0 saturated heterocycles. The van der Waals surface area contributed by atoms with Gasteiger partial charge in [0.25, 0.3) is 5.56 Å². The molecule has 0 bridgehead atoms. The van der Waals surface area contributed by atoms with Gasteiger partial charge in [0.1, 0.15) is 0 Å². The van der Waals surface area contributed by atoms with Crippen molar-refractivity contribution >= 4 is 28.6 Å². The van der Waals surface area contributed by atoms with Gasteiger partial charge >= 0.3 is 0 Å². The van der Waals surface area contributed by atoms with Crippen LogP contribution in [0.25, 0.3) is 10.9 Å². The molecule has 7 nitrogen and oxygen atoms in total. The van der Waals surface area contributed by atoms with E-state index in [2.05, 4.69) is 5.32 Å². The number of hydrogen-bond donors (Lipinski definition) is 1. The van der Waals surface area contributed by atoms with Crippen LogP contribution in [0.3, 0.4) is 0 Å². The molecule has 8 heteroatoms. The third-order valence-electron chi connectivity index (χ3n) is 4.70. The Morgan fingerprint density at radius 1 is 1.10 bits per heavy atom.